The number of carbonyl (C=O) groups is 1. The van der Waals surface area contributed by atoms with E-state index in [0.29, 0.717) is 30.9 Å². The third-order valence-electron chi connectivity index (χ3n) is 4.71. The molecule has 29 heavy (non-hydrogen) atoms. The second-order valence-electron chi connectivity index (χ2n) is 7.12. The summed E-state index contributed by atoms with van der Waals surface area (Å²) >= 11 is 0. The molecule has 1 aliphatic rings. The molecule has 0 bridgehead atoms. The van der Waals surface area contributed by atoms with Gasteiger partial charge in [-0.25, -0.2) is 0 Å². The maximum absolute atomic E-state index is 12.7. The van der Waals surface area contributed by atoms with Crippen molar-refractivity contribution in [1.82, 2.24) is 4.90 Å². The van der Waals surface area contributed by atoms with Crippen molar-refractivity contribution < 1.29 is 14.5 Å². The molecule has 1 N–H and O–H groups in total. The number of nitriles is 1. The smallest absolute Gasteiger partial charge is 0.293 e. The number of benzene rings is 2. The largest absolute Gasteiger partial charge is 0.375 e. The van der Waals surface area contributed by atoms with E-state index in [4.69, 9.17) is 10.00 Å². The third-order valence-corrected chi connectivity index (χ3v) is 4.71. The van der Waals surface area contributed by atoms with Gasteiger partial charge in [-0.3, -0.25) is 14.9 Å². The van der Waals surface area contributed by atoms with Crippen molar-refractivity contribution in [3.05, 3.63) is 69.3 Å². The Bertz CT molecular complexity index is 942. The minimum Gasteiger partial charge on any atom is -0.375 e. The molecule has 1 amide bonds. The molecule has 2 aromatic carbocycles. The number of anilines is 1. The number of morpholine rings is 1. The van der Waals surface area contributed by atoms with Crippen LogP contribution in [0.1, 0.15) is 35.3 Å². The van der Waals surface area contributed by atoms with Crippen molar-refractivity contribution in [2.45, 2.75) is 32.6 Å². The summed E-state index contributed by atoms with van der Waals surface area (Å²) in [4.78, 5) is 25.2. The van der Waals surface area contributed by atoms with Gasteiger partial charge in [0.05, 0.1) is 28.8 Å². The van der Waals surface area contributed by atoms with E-state index in [2.05, 4.69) is 5.32 Å². The molecule has 0 spiro atoms. The second kappa shape index (κ2) is 8.71. The summed E-state index contributed by atoms with van der Waals surface area (Å²) in [6.07, 6.45) is 0.0174. The van der Waals surface area contributed by atoms with Crippen molar-refractivity contribution in [3.8, 4) is 6.07 Å². The molecule has 3 rings (SSSR count). The number of hydrogen-bond donors (Lipinski definition) is 1. The van der Waals surface area contributed by atoms with Crippen LogP contribution >= 0.6 is 0 Å². The van der Waals surface area contributed by atoms with E-state index in [1.807, 2.05) is 32.0 Å². The monoisotopic (exact) mass is 394 g/mol. The molecule has 0 aliphatic carbocycles. The van der Waals surface area contributed by atoms with Gasteiger partial charge in [0.2, 0.25) is 0 Å². The Morgan fingerprint density at radius 1 is 1.24 bits per heavy atom. The first kappa shape index (κ1) is 20.3. The molecular weight excluding hydrogens is 372 g/mol. The summed E-state index contributed by atoms with van der Waals surface area (Å²) in [5.41, 5.74) is 1.90. The Kier molecular flexibility index (Phi) is 6.10. The van der Waals surface area contributed by atoms with E-state index in [1.165, 1.54) is 18.2 Å². The van der Waals surface area contributed by atoms with Gasteiger partial charge in [-0.2, -0.15) is 5.26 Å². The predicted molar refractivity (Wildman–Crippen MR) is 107 cm³/mol. The molecule has 2 aromatic rings. The van der Waals surface area contributed by atoms with Gasteiger partial charge in [-0.05, 0) is 43.7 Å². The molecule has 1 heterocycles. The van der Waals surface area contributed by atoms with Crippen LogP contribution in [0, 0.1) is 21.4 Å². The Labute approximate surface area is 168 Å². The molecule has 0 aromatic heterocycles. The zero-order valence-electron chi connectivity index (χ0n) is 16.3. The number of nitro benzene ring substituents is 1. The van der Waals surface area contributed by atoms with E-state index in [9.17, 15) is 14.9 Å². The topological polar surface area (TPSA) is 109 Å². The van der Waals surface area contributed by atoms with E-state index in [1.54, 1.807) is 17.0 Å². The lowest BCUT2D eigenvalue weighted by Gasteiger charge is -2.35. The quantitative estimate of drug-likeness (QED) is 0.615. The van der Waals surface area contributed by atoms with Crippen molar-refractivity contribution in [2.75, 3.05) is 18.4 Å². The summed E-state index contributed by atoms with van der Waals surface area (Å²) < 4.78 is 5.67. The fraction of sp³-hybridized carbons (Fsp3) is 0.333. The summed E-state index contributed by atoms with van der Waals surface area (Å²) in [5.74, 6) is -0.0331. The van der Waals surface area contributed by atoms with Gasteiger partial charge >= 0.3 is 0 Å². The molecule has 1 fully saturated rings. The van der Waals surface area contributed by atoms with Crippen LogP contribution in [-0.2, 0) is 11.3 Å². The van der Waals surface area contributed by atoms with Crippen LogP contribution in [0.15, 0.2) is 42.5 Å². The van der Waals surface area contributed by atoms with Crippen LogP contribution in [0.5, 0.6) is 0 Å². The molecule has 2 atom stereocenters. The summed E-state index contributed by atoms with van der Waals surface area (Å²) in [7, 11) is 0. The lowest BCUT2D eigenvalue weighted by atomic mass is 10.1. The van der Waals surface area contributed by atoms with Crippen LogP contribution in [0.25, 0.3) is 0 Å². The maximum Gasteiger partial charge on any atom is 0.293 e. The van der Waals surface area contributed by atoms with Crippen LogP contribution in [0.3, 0.4) is 0 Å². The average Bonchev–Trinajstić information content (AvgIpc) is 2.71. The highest BCUT2D eigenvalue weighted by Crippen LogP contribution is 2.26. The fourth-order valence-corrected chi connectivity index (χ4v) is 3.39. The summed E-state index contributed by atoms with van der Waals surface area (Å²) in [6.45, 7) is 5.39. The Morgan fingerprint density at radius 3 is 2.48 bits per heavy atom. The molecule has 150 valence electrons. The Balaban J connectivity index is 1.66. The standard InChI is InChI=1S/C21H22N4O4/c1-14-12-24(13-15(2)29-14)21(26)18-6-3-16(4-7-18)11-23-19-8-5-17(10-22)9-20(19)25(27)28/h3-9,14-15,23H,11-13H2,1-2H3. The van der Waals surface area contributed by atoms with Crippen molar-refractivity contribution in [3.63, 3.8) is 0 Å². The first-order chi connectivity index (χ1) is 13.9. The van der Waals surface area contributed by atoms with E-state index in [0.717, 1.165) is 5.56 Å². The van der Waals surface area contributed by atoms with Gasteiger partial charge < -0.3 is 15.0 Å². The van der Waals surface area contributed by atoms with Crippen molar-refractivity contribution in [1.29, 1.82) is 5.26 Å². The lowest BCUT2D eigenvalue weighted by Crippen LogP contribution is -2.48. The molecular formula is C21H22N4O4. The number of nitrogens with one attached hydrogen (secondary N) is 1. The van der Waals surface area contributed by atoms with Crippen LogP contribution < -0.4 is 5.32 Å². The maximum atomic E-state index is 12.7. The van der Waals surface area contributed by atoms with E-state index in [-0.39, 0.29) is 29.4 Å². The van der Waals surface area contributed by atoms with Gasteiger partial charge in [0.25, 0.3) is 11.6 Å². The summed E-state index contributed by atoms with van der Waals surface area (Å²) in [6, 6.07) is 13.4. The molecule has 1 aliphatic heterocycles. The summed E-state index contributed by atoms with van der Waals surface area (Å²) in [5, 5.41) is 23.2. The number of hydrogen-bond acceptors (Lipinski definition) is 6. The van der Waals surface area contributed by atoms with Crippen LogP contribution in [-0.4, -0.2) is 41.0 Å². The van der Waals surface area contributed by atoms with Crippen molar-refractivity contribution in [2.24, 2.45) is 0 Å². The average molecular weight is 394 g/mol. The molecule has 8 heteroatoms. The Morgan fingerprint density at radius 2 is 1.90 bits per heavy atom. The predicted octanol–water partition coefficient (Wildman–Crippen LogP) is 3.33. The second-order valence-corrected chi connectivity index (χ2v) is 7.12. The zero-order valence-corrected chi connectivity index (χ0v) is 16.3. The van der Waals surface area contributed by atoms with Gasteiger partial charge in [0, 0.05) is 31.3 Å². The van der Waals surface area contributed by atoms with E-state index < -0.39 is 4.92 Å². The van der Waals surface area contributed by atoms with E-state index >= 15 is 0 Å². The number of amides is 1. The molecule has 0 radical (unpaired) electrons. The third kappa shape index (κ3) is 4.89. The number of nitro groups is 1. The molecule has 8 nitrogen and oxygen atoms in total. The highest BCUT2D eigenvalue weighted by molar-refractivity contribution is 5.94. The number of rotatable bonds is 5. The number of ether oxygens (including phenoxy) is 1. The van der Waals surface area contributed by atoms with Crippen LogP contribution in [0.4, 0.5) is 11.4 Å². The van der Waals surface area contributed by atoms with Crippen molar-refractivity contribution >= 4 is 17.3 Å². The SMILES string of the molecule is CC1CN(C(=O)c2ccc(CNc3ccc(C#N)cc3[N+](=O)[O-])cc2)CC(C)O1. The first-order valence-corrected chi connectivity index (χ1v) is 9.33. The minimum absolute atomic E-state index is 0.00869. The number of carbonyl (C=O) groups excluding carboxylic acids is 1. The van der Waals surface area contributed by atoms with Gasteiger partial charge in [0.15, 0.2) is 0 Å². The van der Waals surface area contributed by atoms with Gasteiger partial charge in [-0.15, -0.1) is 0 Å². The molecule has 2 unspecified atom stereocenters. The lowest BCUT2D eigenvalue weighted by molar-refractivity contribution is -0.384. The highest BCUT2D eigenvalue weighted by Gasteiger charge is 2.26. The first-order valence-electron chi connectivity index (χ1n) is 9.33. The van der Waals surface area contributed by atoms with Gasteiger partial charge in [0.1, 0.15) is 5.69 Å². The van der Waals surface area contributed by atoms with Gasteiger partial charge in [-0.1, -0.05) is 12.1 Å². The minimum atomic E-state index is -0.519. The highest BCUT2D eigenvalue weighted by atomic mass is 16.6. The molecule has 0 saturated carbocycles. The number of nitrogens with zero attached hydrogens (tertiary/aromatic N) is 3. The zero-order chi connectivity index (χ0) is 21.0. The molecule has 1 saturated heterocycles. The fourth-order valence-electron chi connectivity index (χ4n) is 3.39. The normalized spacial score (nSPS) is 18.7. The van der Waals surface area contributed by atoms with Crippen LogP contribution in [0.2, 0.25) is 0 Å². The Hall–Kier alpha value is -3.44.